The molecule has 2 fully saturated rings. The van der Waals surface area contributed by atoms with E-state index in [2.05, 4.69) is 54.1 Å². The molecule has 0 aliphatic carbocycles. The average molecular weight is 604 g/mol. The molecule has 1 unspecified atom stereocenters. The van der Waals surface area contributed by atoms with E-state index in [0.29, 0.717) is 18.9 Å². The Morgan fingerprint density at radius 2 is 1.74 bits per heavy atom. The average Bonchev–Trinajstić information content (AvgIpc) is 3.71. The van der Waals surface area contributed by atoms with Crippen molar-refractivity contribution in [3.8, 4) is 11.5 Å². The smallest absolute Gasteiger partial charge is 0.251 e. The molecule has 1 N–H and O–H groups in total. The van der Waals surface area contributed by atoms with Crippen molar-refractivity contribution in [2.45, 2.75) is 62.6 Å². The fraction of sp³-hybridized carbons (Fsp3) is 0.485. The van der Waals surface area contributed by atoms with Gasteiger partial charge in [-0.3, -0.25) is 9.69 Å². The number of thioether (sulfide) groups is 1. The number of rotatable bonds is 9. The van der Waals surface area contributed by atoms with Crippen molar-refractivity contribution in [3.05, 3.63) is 70.9 Å². The first-order valence-electron chi connectivity index (χ1n) is 15.2. The summed E-state index contributed by atoms with van der Waals surface area (Å²) in [6.07, 6.45) is 2.21. The van der Waals surface area contributed by atoms with Crippen molar-refractivity contribution in [1.29, 1.82) is 0 Å². The summed E-state index contributed by atoms with van der Waals surface area (Å²) in [7, 11) is 0. The molecule has 6 rings (SSSR count). The first-order valence-corrected chi connectivity index (χ1v) is 16.2. The summed E-state index contributed by atoms with van der Waals surface area (Å²) >= 11 is 1.64. The highest BCUT2D eigenvalue weighted by molar-refractivity contribution is 7.98. The van der Waals surface area contributed by atoms with Gasteiger partial charge in [0.05, 0.1) is 11.8 Å². The maximum Gasteiger partial charge on any atom is 0.251 e. The van der Waals surface area contributed by atoms with E-state index in [1.54, 1.807) is 11.8 Å². The molecule has 3 aromatic rings. The Labute approximate surface area is 258 Å². The van der Waals surface area contributed by atoms with E-state index in [1.165, 1.54) is 5.56 Å². The maximum atomic E-state index is 12.6. The van der Waals surface area contributed by atoms with E-state index < -0.39 is 0 Å². The second-order valence-electron chi connectivity index (χ2n) is 12.4. The lowest BCUT2D eigenvalue weighted by molar-refractivity contribution is 0.0858. The highest BCUT2D eigenvalue weighted by atomic mass is 32.2. The zero-order valence-corrected chi connectivity index (χ0v) is 26.1. The number of ether oxygens (including phenoxy) is 3. The molecular weight excluding hydrogens is 562 g/mol. The molecule has 3 aliphatic rings. The molecule has 0 saturated carbocycles. The number of amides is 1. The summed E-state index contributed by atoms with van der Waals surface area (Å²) in [4.78, 5) is 27.3. The van der Waals surface area contributed by atoms with Crippen LogP contribution in [0.3, 0.4) is 0 Å². The van der Waals surface area contributed by atoms with E-state index in [9.17, 15) is 4.79 Å². The molecule has 2 aromatic carbocycles. The second-order valence-corrected chi connectivity index (χ2v) is 13.4. The normalized spacial score (nSPS) is 18.7. The molecule has 9 nitrogen and oxygen atoms in total. The molecule has 10 heteroatoms. The van der Waals surface area contributed by atoms with Crippen molar-refractivity contribution in [1.82, 2.24) is 20.2 Å². The lowest BCUT2D eigenvalue weighted by Gasteiger charge is -2.36. The van der Waals surface area contributed by atoms with Crippen molar-refractivity contribution >= 4 is 23.5 Å². The lowest BCUT2D eigenvalue weighted by atomic mass is 9.92. The van der Waals surface area contributed by atoms with Crippen molar-refractivity contribution < 1.29 is 19.0 Å². The Bertz CT molecular complexity index is 1410. The lowest BCUT2D eigenvalue weighted by Crippen LogP contribution is -2.46. The molecule has 4 heterocycles. The van der Waals surface area contributed by atoms with Gasteiger partial charge in [-0.25, -0.2) is 9.97 Å². The summed E-state index contributed by atoms with van der Waals surface area (Å²) in [5.74, 6) is 3.32. The van der Waals surface area contributed by atoms with Gasteiger partial charge in [-0.1, -0.05) is 50.7 Å². The third-order valence-electron chi connectivity index (χ3n) is 8.10. The third-order valence-corrected chi connectivity index (χ3v) is 9.02. The highest BCUT2D eigenvalue weighted by Crippen LogP contribution is 2.33. The van der Waals surface area contributed by atoms with Gasteiger partial charge in [0.15, 0.2) is 16.7 Å². The molecule has 1 atom stereocenters. The third kappa shape index (κ3) is 7.60. The maximum absolute atomic E-state index is 12.6. The van der Waals surface area contributed by atoms with Gasteiger partial charge in [-0.2, -0.15) is 0 Å². The van der Waals surface area contributed by atoms with Gasteiger partial charge in [-0.05, 0) is 48.2 Å². The topological polar surface area (TPSA) is 89.0 Å². The Kier molecular flexibility index (Phi) is 9.06. The van der Waals surface area contributed by atoms with Crippen LogP contribution < -0.4 is 19.7 Å². The van der Waals surface area contributed by atoms with Crippen molar-refractivity contribution in [3.63, 3.8) is 0 Å². The largest absolute Gasteiger partial charge is 0.454 e. The van der Waals surface area contributed by atoms with Crippen molar-refractivity contribution in [2.24, 2.45) is 0 Å². The molecule has 0 radical (unpaired) electrons. The molecule has 3 aliphatic heterocycles. The van der Waals surface area contributed by atoms with Gasteiger partial charge in [0.25, 0.3) is 5.91 Å². The number of carbonyl (C=O) groups excluding carboxylic acids is 1. The SMILES string of the molecule is CC(C)(C)c1cc(N2CCN(Cc3ccc4c(c3)OCO4)CC2)nc(SCc2ccc(C(=O)NCC3CCCO3)cc2)n1. The number of carbonyl (C=O) groups is 1. The molecule has 228 valence electrons. The van der Waals surface area contributed by atoms with Crippen LogP contribution in [0, 0.1) is 0 Å². The van der Waals surface area contributed by atoms with Crippen LogP contribution in [0.5, 0.6) is 11.5 Å². The molecule has 0 spiro atoms. The molecular formula is C33H41N5O4S. The number of aromatic nitrogens is 2. The number of nitrogens with zero attached hydrogens (tertiary/aromatic N) is 4. The number of hydrogen-bond donors (Lipinski definition) is 1. The van der Waals surface area contributed by atoms with Gasteiger partial charge < -0.3 is 24.4 Å². The monoisotopic (exact) mass is 603 g/mol. The van der Waals surface area contributed by atoms with E-state index >= 15 is 0 Å². The van der Waals surface area contributed by atoms with Crippen LogP contribution in [0.15, 0.2) is 53.7 Å². The van der Waals surface area contributed by atoms with Crippen LogP contribution >= 0.6 is 11.8 Å². The summed E-state index contributed by atoms with van der Waals surface area (Å²) in [6.45, 7) is 12.9. The minimum Gasteiger partial charge on any atom is -0.454 e. The van der Waals surface area contributed by atoms with Gasteiger partial charge in [-0.15, -0.1) is 0 Å². The quantitative estimate of drug-likeness (QED) is 0.267. The van der Waals surface area contributed by atoms with Crippen molar-refractivity contribution in [2.75, 3.05) is 51.0 Å². The Balaban J connectivity index is 1.05. The van der Waals surface area contributed by atoms with Gasteiger partial charge in [0, 0.05) is 68.7 Å². The van der Waals surface area contributed by atoms with E-state index in [-0.39, 0.29) is 17.4 Å². The molecule has 43 heavy (non-hydrogen) atoms. The van der Waals surface area contributed by atoms with Gasteiger partial charge >= 0.3 is 0 Å². The van der Waals surface area contributed by atoms with Crippen LogP contribution in [0.4, 0.5) is 5.82 Å². The summed E-state index contributed by atoms with van der Waals surface area (Å²) in [5.41, 5.74) is 3.98. The Morgan fingerprint density at radius 1 is 0.977 bits per heavy atom. The highest BCUT2D eigenvalue weighted by Gasteiger charge is 2.24. The first kappa shape index (κ1) is 29.7. The number of piperazine rings is 1. The number of anilines is 1. The second kappa shape index (κ2) is 13.1. The predicted octanol–water partition coefficient (Wildman–Crippen LogP) is 5.03. The standard InChI is InChI=1S/C33H41N5O4S/c1-33(2,3)29-18-30(38-14-12-37(13-15-38)20-24-8-11-27-28(17-24)42-22-41-27)36-32(35-29)43-21-23-6-9-25(10-7-23)31(39)34-19-26-5-4-16-40-26/h6-11,17-18,26H,4-5,12-16,19-22H2,1-3H3,(H,34,39). The minimum atomic E-state index is -0.0906. The van der Waals surface area contributed by atoms with E-state index in [4.69, 9.17) is 24.2 Å². The van der Waals surface area contributed by atoms with Crippen LogP contribution in [-0.4, -0.2) is 73.0 Å². The fourth-order valence-electron chi connectivity index (χ4n) is 5.47. The van der Waals surface area contributed by atoms with Crippen LogP contribution in [-0.2, 0) is 22.4 Å². The zero-order valence-electron chi connectivity index (χ0n) is 25.3. The zero-order chi connectivity index (χ0) is 29.8. The summed E-state index contributed by atoms with van der Waals surface area (Å²) in [5, 5.41) is 3.77. The van der Waals surface area contributed by atoms with Crippen LogP contribution in [0.25, 0.3) is 0 Å². The minimum absolute atomic E-state index is 0.0588. The van der Waals surface area contributed by atoms with Gasteiger partial charge in [0.2, 0.25) is 6.79 Å². The van der Waals surface area contributed by atoms with Gasteiger partial charge in [0.1, 0.15) is 5.82 Å². The Morgan fingerprint density at radius 3 is 2.49 bits per heavy atom. The first-order chi connectivity index (χ1) is 20.8. The number of hydrogen-bond acceptors (Lipinski definition) is 9. The van der Waals surface area contributed by atoms with E-state index in [0.717, 1.165) is 91.7 Å². The molecule has 2 saturated heterocycles. The number of fused-ring (bicyclic) bond motifs is 1. The fourth-order valence-corrected chi connectivity index (χ4v) is 6.28. The Hall–Kier alpha value is -3.34. The van der Waals surface area contributed by atoms with E-state index in [1.807, 2.05) is 30.3 Å². The number of nitrogens with one attached hydrogen (secondary N) is 1. The molecule has 0 bridgehead atoms. The summed E-state index contributed by atoms with van der Waals surface area (Å²) < 4.78 is 16.6. The summed E-state index contributed by atoms with van der Waals surface area (Å²) in [6, 6.07) is 16.2. The molecule has 1 amide bonds. The number of benzene rings is 2. The van der Waals surface area contributed by atoms with Crippen LogP contribution in [0.2, 0.25) is 0 Å². The predicted molar refractivity (Wildman–Crippen MR) is 168 cm³/mol. The van der Waals surface area contributed by atoms with Crippen LogP contribution in [0.1, 0.15) is 60.8 Å². The molecule has 1 aromatic heterocycles.